The molecule has 0 unspecified atom stereocenters. The van der Waals surface area contributed by atoms with Crippen LogP contribution in [0.1, 0.15) is 125 Å². The average Bonchev–Trinajstić information content (AvgIpc) is 2.90. The molecule has 2 aromatic carbocycles. The van der Waals surface area contributed by atoms with Gasteiger partial charge < -0.3 is 5.73 Å². The lowest BCUT2D eigenvalue weighted by Gasteiger charge is -2.32. The second-order valence-corrected chi connectivity index (χ2v) is 8.33. The fourth-order valence-corrected chi connectivity index (χ4v) is 2.86. The summed E-state index contributed by atoms with van der Waals surface area (Å²) in [7, 11) is 0. The molecule has 2 aromatic rings. The van der Waals surface area contributed by atoms with Gasteiger partial charge >= 0.3 is 0 Å². The Hall–Kier alpha value is -2.35. The van der Waals surface area contributed by atoms with Gasteiger partial charge in [0.2, 0.25) is 0 Å². The SMILES string of the molecule is C=C(C)C(N=C(C)N)(c1ccccc1)c1ccccc1.CC.CCCC.CCCC.CCCCC. The van der Waals surface area contributed by atoms with Crippen LogP contribution in [0.25, 0.3) is 0 Å². The van der Waals surface area contributed by atoms with E-state index in [1.807, 2.05) is 64.1 Å². The summed E-state index contributed by atoms with van der Waals surface area (Å²) in [6.45, 7) is 25.1. The number of unbranched alkanes of at least 4 members (excludes halogenated alkanes) is 4. The Balaban J connectivity index is -0.000000562. The first-order valence-electron chi connectivity index (χ1n) is 13.9. The molecule has 0 aliphatic carbocycles. The van der Waals surface area contributed by atoms with Crippen molar-refractivity contribution < 1.29 is 0 Å². The first kappa shape index (κ1) is 37.2. The van der Waals surface area contributed by atoms with Crippen molar-refractivity contribution >= 4 is 5.84 Å². The minimum atomic E-state index is -0.624. The Labute approximate surface area is 220 Å². The third kappa shape index (κ3) is 16.8. The average molecular weight is 483 g/mol. The first-order chi connectivity index (χ1) is 16.8. The van der Waals surface area contributed by atoms with Crippen molar-refractivity contribution in [3.8, 4) is 0 Å². The van der Waals surface area contributed by atoms with Gasteiger partial charge in [0.15, 0.2) is 0 Å². The van der Waals surface area contributed by atoms with Gasteiger partial charge in [0, 0.05) is 0 Å². The van der Waals surface area contributed by atoms with Gasteiger partial charge in [-0.1, -0.05) is 168 Å². The quantitative estimate of drug-likeness (QED) is 0.227. The Morgan fingerprint density at radius 1 is 0.657 bits per heavy atom. The third-order valence-electron chi connectivity index (χ3n) is 5.05. The Morgan fingerprint density at radius 3 is 1.14 bits per heavy atom. The maximum Gasteiger partial charge on any atom is 0.133 e. The minimum absolute atomic E-state index is 0.542. The smallest absolute Gasteiger partial charge is 0.133 e. The van der Waals surface area contributed by atoms with Crippen molar-refractivity contribution in [2.45, 2.75) is 120 Å². The van der Waals surface area contributed by atoms with Crippen LogP contribution in [0.5, 0.6) is 0 Å². The topological polar surface area (TPSA) is 38.4 Å². The molecule has 0 amide bonds. The molecule has 0 aromatic heterocycles. The molecular weight excluding hydrogens is 424 g/mol. The zero-order valence-corrected chi connectivity index (χ0v) is 25.0. The third-order valence-corrected chi connectivity index (χ3v) is 5.05. The number of nitrogens with two attached hydrogens (primary N) is 1. The molecule has 2 nitrogen and oxygen atoms in total. The number of nitrogens with zero attached hydrogens (tertiary/aromatic N) is 1. The number of benzene rings is 2. The largest absolute Gasteiger partial charge is 0.388 e. The van der Waals surface area contributed by atoms with Crippen molar-refractivity contribution in [3.63, 3.8) is 0 Å². The normalized spacial score (nSPS) is 10.1. The molecular formula is C33H58N2. The van der Waals surface area contributed by atoms with E-state index in [4.69, 9.17) is 10.7 Å². The highest BCUT2D eigenvalue weighted by molar-refractivity contribution is 5.79. The summed E-state index contributed by atoms with van der Waals surface area (Å²) in [6, 6.07) is 20.3. The maximum absolute atomic E-state index is 5.90. The summed E-state index contributed by atoms with van der Waals surface area (Å²) in [5, 5.41) is 0. The molecule has 0 heterocycles. The van der Waals surface area contributed by atoms with Gasteiger partial charge in [-0.3, -0.25) is 4.99 Å². The molecule has 2 rings (SSSR count). The highest BCUT2D eigenvalue weighted by Gasteiger charge is 2.34. The van der Waals surface area contributed by atoms with Crippen molar-refractivity contribution in [1.82, 2.24) is 0 Å². The molecule has 2 N–H and O–H groups in total. The second-order valence-electron chi connectivity index (χ2n) is 8.33. The van der Waals surface area contributed by atoms with Crippen LogP contribution in [0, 0.1) is 0 Å². The number of amidine groups is 1. The molecule has 0 bridgehead atoms. The monoisotopic (exact) mass is 482 g/mol. The minimum Gasteiger partial charge on any atom is -0.388 e. The van der Waals surface area contributed by atoms with E-state index in [1.54, 1.807) is 0 Å². The van der Waals surface area contributed by atoms with Crippen LogP contribution < -0.4 is 5.73 Å². The zero-order chi connectivity index (χ0) is 27.5. The molecule has 0 aliphatic heterocycles. The van der Waals surface area contributed by atoms with E-state index < -0.39 is 5.54 Å². The van der Waals surface area contributed by atoms with Crippen molar-refractivity contribution in [3.05, 3.63) is 83.9 Å². The summed E-state index contributed by atoms with van der Waals surface area (Å²) in [5.41, 5.74) is 8.37. The van der Waals surface area contributed by atoms with Crippen molar-refractivity contribution in [1.29, 1.82) is 0 Å². The van der Waals surface area contributed by atoms with Crippen LogP contribution in [0.2, 0.25) is 0 Å². The zero-order valence-electron chi connectivity index (χ0n) is 25.0. The highest BCUT2D eigenvalue weighted by Crippen LogP contribution is 2.39. The molecule has 0 fully saturated rings. The highest BCUT2D eigenvalue weighted by atomic mass is 14.9. The van der Waals surface area contributed by atoms with Crippen LogP contribution in [-0.2, 0) is 5.54 Å². The molecule has 35 heavy (non-hydrogen) atoms. The first-order valence-corrected chi connectivity index (χ1v) is 13.9. The van der Waals surface area contributed by atoms with Crippen LogP contribution >= 0.6 is 0 Å². The fraction of sp³-hybridized carbons (Fsp3) is 0.545. The van der Waals surface area contributed by atoms with Crippen LogP contribution in [0.15, 0.2) is 77.8 Å². The van der Waals surface area contributed by atoms with Crippen molar-refractivity contribution in [2.75, 3.05) is 0 Å². The van der Waals surface area contributed by atoms with Crippen molar-refractivity contribution in [2.24, 2.45) is 10.7 Å². The van der Waals surface area contributed by atoms with E-state index in [2.05, 4.69) is 72.4 Å². The van der Waals surface area contributed by atoms with Gasteiger partial charge in [0.25, 0.3) is 0 Å². The number of aliphatic imine (C=N–C) groups is 1. The van der Waals surface area contributed by atoms with Gasteiger partial charge in [0.05, 0.1) is 5.84 Å². The summed E-state index contributed by atoms with van der Waals surface area (Å²) in [6.07, 6.45) is 9.35. The number of hydrogen-bond donors (Lipinski definition) is 1. The van der Waals surface area contributed by atoms with Gasteiger partial charge in [-0.2, -0.15) is 0 Å². The number of hydrogen-bond acceptors (Lipinski definition) is 1. The van der Waals surface area contributed by atoms with Crippen LogP contribution in [-0.4, -0.2) is 5.84 Å². The second kappa shape index (κ2) is 26.3. The van der Waals surface area contributed by atoms with E-state index in [0.29, 0.717) is 5.84 Å². The summed E-state index contributed by atoms with van der Waals surface area (Å²) < 4.78 is 0. The van der Waals surface area contributed by atoms with E-state index >= 15 is 0 Å². The summed E-state index contributed by atoms with van der Waals surface area (Å²) in [5.74, 6) is 0.542. The predicted molar refractivity (Wildman–Crippen MR) is 163 cm³/mol. The standard InChI is InChI=1S/C18H20N2.C5H12.2C4H10.C2H6/c1-14(2)18(20-15(3)19,16-10-6-4-7-11-16)17-12-8-5-9-13-17;1-3-5-4-2;2*1-3-4-2;1-2/h4-13H,1H2,2-3H3,(H2,19,20);3-5H2,1-2H3;2*3-4H2,1-2H3;1-2H3. The van der Waals surface area contributed by atoms with E-state index in [-0.39, 0.29) is 0 Å². The fourth-order valence-electron chi connectivity index (χ4n) is 2.86. The van der Waals surface area contributed by atoms with Gasteiger partial charge in [0.1, 0.15) is 5.54 Å². The predicted octanol–water partition coefficient (Wildman–Crippen LogP) is 10.7. The van der Waals surface area contributed by atoms with E-state index in [0.717, 1.165) is 16.7 Å². The van der Waals surface area contributed by atoms with E-state index in [9.17, 15) is 0 Å². The molecule has 0 atom stereocenters. The Bertz CT molecular complexity index is 664. The maximum atomic E-state index is 5.90. The molecule has 0 aliphatic rings. The Morgan fingerprint density at radius 2 is 0.971 bits per heavy atom. The van der Waals surface area contributed by atoms with Gasteiger partial charge in [-0.25, -0.2) is 0 Å². The van der Waals surface area contributed by atoms with E-state index in [1.165, 1.54) is 44.9 Å². The molecule has 200 valence electrons. The molecule has 0 saturated carbocycles. The number of rotatable bonds is 8. The lowest BCUT2D eigenvalue weighted by atomic mass is 9.78. The summed E-state index contributed by atoms with van der Waals surface area (Å²) in [4.78, 5) is 4.74. The molecule has 0 radical (unpaired) electrons. The lowest BCUT2D eigenvalue weighted by Crippen LogP contribution is -2.29. The van der Waals surface area contributed by atoms with Crippen LogP contribution in [0.3, 0.4) is 0 Å². The molecule has 0 saturated heterocycles. The van der Waals surface area contributed by atoms with Gasteiger partial charge in [-0.05, 0) is 30.5 Å². The van der Waals surface area contributed by atoms with Gasteiger partial charge in [-0.15, -0.1) is 0 Å². The Kier molecular flexibility index (Phi) is 27.9. The lowest BCUT2D eigenvalue weighted by molar-refractivity contribution is 0.640. The summed E-state index contributed by atoms with van der Waals surface area (Å²) >= 11 is 0. The van der Waals surface area contributed by atoms with Crippen LogP contribution in [0.4, 0.5) is 0 Å². The molecule has 2 heteroatoms. The molecule has 0 spiro atoms.